The summed E-state index contributed by atoms with van der Waals surface area (Å²) in [5.74, 6) is 1.93. The fraction of sp³-hybridized carbons (Fsp3) is 0.316. The lowest BCUT2D eigenvalue weighted by molar-refractivity contribution is 0.252. The maximum absolute atomic E-state index is 12.0. The average Bonchev–Trinajstić information content (AvgIpc) is 2.63. The lowest BCUT2D eigenvalue weighted by Crippen LogP contribution is -2.30. The lowest BCUT2D eigenvalue weighted by atomic mass is 10.1. The molecule has 0 fully saturated rings. The van der Waals surface area contributed by atoms with Gasteiger partial charge in [-0.3, -0.25) is 0 Å². The molecule has 134 valence electrons. The maximum atomic E-state index is 12.0. The Morgan fingerprint density at radius 2 is 1.60 bits per heavy atom. The van der Waals surface area contributed by atoms with Gasteiger partial charge in [-0.2, -0.15) is 0 Å². The number of hydrogen-bond acceptors (Lipinski definition) is 4. The van der Waals surface area contributed by atoms with Crippen molar-refractivity contribution in [2.75, 3.05) is 33.2 Å². The zero-order valence-electron chi connectivity index (χ0n) is 15.0. The molecule has 0 bridgehead atoms. The van der Waals surface area contributed by atoms with Gasteiger partial charge in [0.25, 0.3) is 0 Å². The first-order valence-electron chi connectivity index (χ1n) is 7.98. The molecule has 0 saturated heterocycles. The number of urea groups is 1. The molecule has 2 N–H and O–H groups in total. The minimum absolute atomic E-state index is 0.242. The Morgan fingerprint density at radius 1 is 0.960 bits per heavy atom. The van der Waals surface area contributed by atoms with Crippen LogP contribution in [0.5, 0.6) is 17.2 Å². The maximum Gasteiger partial charge on any atom is 0.319 e. The molecule has 2 aromatic carbocycles. The molecular weight excluding hydrogens is 320 g/mol. The van der Waals surface area contributed by atoms with Crippen LogP contribution in [0.25, 0.3) is 0 Å². The second kappa shape index (κ2) is 8.82. The molecule has 0 atom stereocenters. The number of benzene rings is 2. The fourth-order valence-corrected chi connectivity index (χ4v) is 2.48. The number of carbonyl (C=O) groups is 1. The smallest absolute Gasteiger partial charge is 0.319 e. The van der Waals surface area contributed by atoms with Gasteiger partial charge in [0.1, 0.15) is 5.75 Å². The normalized spacial score (nSPS) is 10.1. The van der Waals surface area contributed by atoms with Crippen molar-refractivity contribution in [2.24, 2.45) is 0 Å². The zero-order valence-corrected chi connectivity index (χ0v) is 15.0. The van der Waals surface area contributed by atoms with Gasteiger partial charge in [-0.15, -0.1) is 0 Å². The van der Waals surface area contributed by atoms with Crippen molar-refractivity contribution < 1.29 is 19.0 Å². The summed E-state index contributed by atoms with van der Waals surface area (Å²) in [6, 6.07) is 11.0. The van der Waals surface area contributed by atoms with Gasteiger partial charge in [0.2, 0.25) is 0 Å². The van der Waals surface area contributed by atoms with Gasteiger partial charge in [-0.05, 0) is 36.6 Å². The number of nitrogens with one attached hydrogen (secondary N) is 2. The van der Waals surface area contributed by atoms with Crippen molar-refractivity contribution >= 4 is 11.7 Å². The van der Waals surface area contributed by atoms with Gasteiger partial charge in [-0.25, -0.2) is 4.79 Å². The molecular formula is C19H24N2O4. The van der Waals surface area contributed by atoms with Gasteiger partial charge in [0.05, 0.1) is 21.3 Å². The molecule has 0 aliphatic carbocycles. The number of rotatable bonds is 7. The Kier molecular flexibility index (Phi) is 6.51. The largest absolute Gasteiger partial charge is 0.496 e. The second-order valence-electron chi connectivity index (χ2n) is 5.46. The molecule has 0 aromatic heterocycles. The third kappa shape index (κ3) is 4.79. The Bertz CT molecular complexity index is 731. The highest BCUT2D eigenvalue weighted by Gasteiger charge is 2.12. The quantitative estimate of drug-likeness (QED) is 0.808. The monoisotopic (exact) mass is 344 g/mol. The Hall–Kier alpha value is -2.89. The number of aryl methyl sites for hydroxylation is 1. The van der Waals surface area contributed by atoms with E-state index in [2.05, 4.69) is 10.6 Å². The van der Waals surface area contributed by atoms with E-state index in [-0.39, 0.29) is 6.03 Å². The van der Waals surface area contributed by atoms with Crippen LogP contribution in [0.3, 0.4) is 0 Å². The van der Waals surface area contributed by atoms with E-state index in [4.69, 9.17) is 14.2 Å². The molecule has 0 unspecified atom stereocenters. The van der Waals surface area contributed by atoms with Crippen molar-refractivity contribution in [3.8, 4) is 17.2 Å². The summed E-state index contributed by atoms with van der Waals surface area (Å²) < 4.78 is 16.0. The van der Waals surface area contributed by atoms with E-state index >= 15 is 0 Å². The number of hydrogen-bond donors (Lipinski definition) is 2. The zero-order chi connectivity index (χ0) is 18.2. The standard InChI is InChI=1S/C19H24N2O4/c1-13-7-5-6-8-15(13)21-19(22)20-10-9-14-11-17(24-3)18(25-4)12-16(14)23-2/h5-8,11-12H,9-10H2,1-4H3,(H2,20,21,22). The van der Waals surface area contributed by atoms with Crippen molar-refractivity contribution in [3.05, 3.63) is 47.5 Å². The molecule has 0 aliphatic rings. The minimum atomic E-state index is -0.242. The second-order valence-corrected chi connectivity index (χ2v) is 5.46. The third-order valence-electron chi connectivity index (χ3n) is 3.86. The van der Waals surface area contributed by atoms with Crippen LogP contribution in [-0.2, 0) is 6.42 Å². The Morgan fingerprint density at radius 3 is 2.24 bits per heavy atom. The molecule has 2 rings (SSSR count). The highest BCUT2D eigenvalue weighted by atomic mass is 16.5. The van der Waals surface area contributed by atoms with Crippen LogP contribution in [0.4, 0.5) is 10.5 Å². The fourth-order valence-electron chi connectivity index (χ4n) is 2.48. The van der Waals surface area contributed by atoms with Crippen LogP contribution < -0.4 is 24.8 Å². The summed E-state index contributed by atoms with van der Waals surface area (Å²) in [5.41, 5.74) is 2.74. The average molecular weight is 344 g/mol. The number of amides is 2. The number of anilines is 1. The van der Waals surface area contributed by atoms with E-state index in [1.165, 1.54) is 0 Å². The van der Waals surface area contributed by atoms with Crippen molar-refractivity contribution in [1.29, 1.82) is 0 Å². The molecule has 0 spiro atoms. The molecule has 0 aliphatic heterocycles. The molecule has 25 heavy (non-hydrogen) atoms. The van der Waals surface area contributed by atoms with E-state index in [1.54, 1.807) is 27.4 Å². The van der Waals surface area contributed by atoms with Crippen LogP contribution >= 0.6 is 0 Å². The lowest BCUT2D eigenvalue weighted by Gasteiger charge is -2.14. The third-order valence-corrected chi connectivity index (χ3v) is 3.86. The van der Waals surface area contributed by atoms with Crippen molar-refractivity contribution in [1.82, 2.24) is 5.32 Å². The van der Waals surface area contributed by atoms with Crippen LogP contribution in [0.1, 0.15) is 11.1 Å². The SMILES string of the molecule is COc1cc(OC)c(OC)cc1CCNC(=O)Nc1ccccc1C. The highest BCUT2D eigenvalue weighted by Crippen LogP contribution is 2.34. The van der Waals surface area contributed by atoms with Gasteiger partial charge < -0.3 is 24.8 Å². The van der Waals surface area contributed by atoms with Gasteiger partial charge in [0.15, 0.2) is 11.5 Å². The summed E-state index contributed by atoms with van der Waals surface area (Å²) in [6.45, 7) is 2.41. The van der Waals surface area contributed by atoms with E-state index in [0.29, 0.717) is 30.2 Å². The predicted molar refractivity (Wildman–Crippen MR) is 98.0 cm³/mol. The van der Waals surface area contributed by atoms with Crippen LogP contribution in [0, 0.1) is 6.92 Å². The van der Waals surface area contributed by atoms with Gasteiger partial charge >= 0.3 is 6.03 Å². The Labute approximate surface area is 148 Å². The first-order valence-corrected chi connectivity index (χ1v) is 7.98. The first-order chi connectivity index (χ1) is 12.1. The molecule has 6 nitrogen and oxygen atoms in total. The highest BCUT2D eigenvalue weighted by molar-refractivity contribution is 5.90. The van der Waals surface area contributed by atoms with E-state index in [1.807, 2.05) is 37.3 Å². The summed E-state index contributed by atoms with van der Waals surface area (Å²) in [5, 5.41) is 5.69. The number of ether oxygens (including phenoxy) is 3. The van der Waals surface area contributed by atoms with E-state index < -0.39 is 0 Å². The topological polar surface area (TPSA) is 68.8 Å². The van der Waals surface area contributed by atoms with Gasteiger partial charge in [-0.1, -0.05) is 18.2 Å². The van der Waals surface area contributed by atoms with Crippen molar-refractivity contribution in [2.45, 2.75) is 13.3 Å². The van der Waals surface area contributed by atoms with E-state index in [0.717, 1.165) is 16.8 Å². The van der Waals surface area contributed by atoms with E-state index in [9.17, 15) is 4.79 Å². The summed E-state index contributed by atoms with van der Waals surface area (Å²) in [7, 11) is 4.76. The summed E-state index contributed by atoms with van der Waals surface area (Å²) in [4.78, 5) is 12.0. The first kappa shape index (κ1) is 18.4. The number of para-hydroxylation sites is 1. The summed E-state index contributed by atoms with van der Waals surface area (Å²) in [6.07, 6.45) is 0.602. The molecule has 0 radical (unpaired) electrons. The number of methoxy groups -OCH3 is 3. The summed E-state index contributed by atoms with van der Waals surface area (Å²) >= 11 is 0. The minimum Gasteiger partial charge on any atom is -0.496 e. The number of carbonyl (C=O) groups excluding carboxylic acids is 1. The molecule has 0 saturated carbocycles. The molecule has 6 heteroatoms. The molecule has 2 amide bonds. The Balaban J connectivity index is 1.97. The van der Waals surface area contributed by atoms with Crippen molar-refractivity contribution in [3.63, 3.8) is 0 Å². The van der Waals surface area contributed by atoms with Crippen LogP contribution in [0.2, 0.25) is 0 Å². The molecule has 2 aromatic rings. The molecule has 0 heterocycles. The van der Waals surface area contributed by atoms with Gasteiger partial charge in [0, 0.05) is 18.3 Å². The van der Waals surface area contributed by atoms with Crippen LogP contribution in [0.15, 0.2) is 36.4 Å². The van der Waals surface area contributed by atoms with Crippen LogP contribution in [-0.4, -0.2) is 33.9 Å². The predicted octanol–water partition coefficient (Wildman–Crippen LogP) is 3.39.